The summed E-state index contributed by atoms with van der Waals surface area (Å²) in [5.41, 5.74) is 2.14. The number of allylic oxidation sites excluding steroid dienone is 1. The maximum Gasteiger partial charge on any atom is 0.273 e. The molecule has 2 aromatic carbocycles. The molecule has 6 nitrogen and oxygen atoms in total. The molecule has 29 heavy (non-hydrogen) atoms. The molecule has 0 fully saturated rings. The van der Waals surface area contributed by atoms with Crippen LogP contribution in [0.2, 0.25) is 0 Å². The summed E-state index contributed by atoms with van der Waals surface area (Å²) >= 11 is 2.81. The van der Waals surface area contributed by atoms with Crippen LogP contribution in [0, 0.1) is 28.4 Å². The van der Waals surface area contributed by atoms with Gasteiger partial charge < -0.3 is 4.42 Å². The smallest absolute Gasteiger partial charge is 0.273 e. The van der Waals surface area contributed by atoms with Crippen LogP contribution in [0.4, 0.5) is 5.69 Å². The van der Waals surface area contributed by atoms with Crippen LogP contribution in [-0.4, -0.2) is 9.91 Å². The zero-order chi connectivity index (χ0) is 20.4. The SMILES string of the molecule is Cc1ccc(-c2ccc(C=C(C#N)Sc3nc4ccccc4s3)o2)cc1[N+](=O)[O-]. The lowest BCUT2D eigenvalue weighted by Gasteiger charge is -2.00. The van der Waals surface area contributed by atoms with Crippen molar-refractivity contribution in [3.05, 3.63) is 80.9 Å². The second kappa shape index (κ2) is 7.91. The van der Waals surface area contributed by atoms with Gasteiger partial charge in [0.25, 0.3) is 5.69 Å². The third kappa shape index (κ3) is 4.06. The van der Waals surface area contributed by atoms with Gasteiger partial charge in [-0.05, 0) is 43.0 Å². The lowest BCUT2D eigenvalue weighted by atomic mass is 10.1. The monoisotopic (exact) mass is 419 g/mol. The third-order valence-electron chi connectivity index (χ3n) is 4.17. The van der Waals surface area contributed by atoms with Crippen LogP contribution < -0.4 is 0 Å². The number of thiazole rings is 1. The van der Waals surface area contributed by atoms with E-state index < -0.39 is 4.92 Å². The number of furan rings is 1. The lowest BCUT2D eigenvalue weighted by Crippen LogP contribution is -1.91. The van der Waals surface area contributed by atoms with E-state index in [1.165, 1.54) is 29.2 Å². The molecule has 0 bridgehead atoms. The van der Waals surface area contributed by atoms with Crippen molar-refractivity contribution in [1.82, 2.24) is 4.98 Å². The Bertz CT molecular complexity index is 1260. The van der Waals surface area contributed by atoms with Gasteiger partial charge in [0.15, 0.2) is 4.34 Å². The molecule has 0 saturated carbocycles. The molecule has 0 aliphatic heterocycles. The van der Waals surface area contributed by atoms with E-state index in [1.54, 1.807) is 37.3 Å². The number of thioether (sulfide) groups is 1. The van der Waals surface area contributed by atoms with Crippen LogP contribution in [0.1, 0.15) is 11.3 Å². The number of nitrogens with zero attached hydrogens (tertiary/aromatic N) is 3. The molecule has 2 heterocycles. The predicted octanol–water partition coefficient (Wildman–Crippen LogP) is 6.43. The van der Waals surface area contributed by atoms with Gasteiger partial charge in [-0.1, -0.05) is 24.3 Å². The van der Waals surface area contributed by atoms with Crippen molar-refractivity contribution in [1.29, 1.82) is 5.26 Å². The zero-order valence-corrected chi connectivity index (χ0v) is 16.8. The van der Waals surface area contributed by atoms with E-state index in [9.17, 15) is 15.4 Å². The highest BCUT2D eigenvalue weighted by molar-refractivity contribution is 8.05. The summed E-state index contributed by atoms with van der Waals surface area (Å²) in [7, 11) is 0. The van der Waals surface area contributed by atoms with Gasteiger partial charge in [-0.25, -0.2) is 4.98 Å². The molecule has 0 atom stereocenters. The largest absolute Gasteiger partial charge is 0.457 e. The summed E-state index contributed by atoms with van der Waals surface area (Å²) < 4.78 is 7.63. The van der Waals surface area contributed by atoms with E-state index in [4.69, 9.17) is 4.42 Å². The second-order valence-corrected chi connectivity index (χ2v) is 8.45. The van der Waals surface area contributed by atoms with Gasteiger partial charge >= 0.3 is 0 Å². The third-order valence-corrected chi connectivity index (χ3v) is 6.20. The predicted molar refractivity (Wildman–Crippen MR) is 115 cm³/mol. The standard InChI is InChI=1S/C21H13N3O3S2/c1-13-6-7-14(10-18(13)24(25)26)19-9-8-15(27-19)11-16(12-22)28-21-23-17-4-2-3-5-20(17)29-21/h2-11H,1H3. The fourth-order valence-electron chi connectivity index (χ4n) is 2.75. The van der Waals surface area contributed by atoms with Crippen molar-refractivity contribution >= 4 is 45.1 Å². The molecular formula is C21H13N3O3S2. The zero-order valence-electron chi connectivity index (χ0n) is 15.2. The number of fused-ring (bicyclic) bond motifs is 1. The molecule has 4 rings (SSSR count). The highest BCUT2D eigenvalue weighted by atomic mass is 32.2. The summed E-state index contributed by atoms with van der Waals surface area (Å²) in [5.74, 6) is 0.995. The van der Waals surface area contributed by atoms with E-state index in [0.717, 1.165) is 14.6 Å². The van der Waals surface area contributed by atoms with Crippen LogP contribution in [0.25, 0.3) is 27.6 Å². The summed E-state index contributed by atoms with van der Waals surface area (Å²) in [6.45, 7) is 1.69. The van der Waals surface area contributed by atoms with Gasteiger partial charge in [0.2, 0.25) is 0 Å². The molecule has 0 amide bonds. The Labute approximate surface area is 174 Å². The average Bonchev–Trinajstić information content (AvgIpc) is 3.34. The molecule has 0 spiro atoms. The second-order valence-electron chi connectivity index (χ2n) is 6.13. The molecule has 4 aromatic rings. The number of nitro groups is 1. The minimum absolute atomic E-state index is 0.0418. The molecule has 2 aromatic heterocycles. The van der Waals surface area contributed by atoms with E-state index >= 15 is 0 Å². The molecule has 142 valence electrons. The van der Waals surface area contributed by atoms with Gasteiger partial charge in [0, 0.05) is 23.3 Å². The van der Waals surface area contributed by atoms with E-state index in [1.807, 2.05) is 24.3 Å². The quantitative estimate of drug-likeness (QED) is 0.160. The van der Waals surface area contributed by atoms with Gasteiger partial charge in [-0.15, -0.1) is 11.3 Å². The molecular weight excluding hydrogens is 406 g/mol. The average molecular weight is 419 g/mol. The number of nitro benzene ring substituents is 1. The molecule has 0 radical (unpaired) electrons. The van der Waals surface area contributed by atoms with Crippen LogP contribution in [0.15, 0.2) is 68.3 Å². The minimum atomic E-state index is -0.412. The van der Waals surface area contributed by atoms with Crippen LogP contribution in [0.3, 0.4) is 0 Å². The van der Waals surface area contributed by atoms with Crippen molar-refractivity contribution in [2.24, 2.45) is 0 Å². The first kappa shape index (κ1) is 18.9. The van der Waals surface area contributed by atoms with Gasteiger partial charge in [-0.2, -0.15) is 5.26 Å². The minimum Gasteiger partial charge on any atom is -0.457 e. The number of hydrogen-bond acceptors (Lipinski definition) is 7. The Morgan fingerprint density at radius 3 is 2.86 bits per heavy atom. The molecule has 0 N–H and O–H groups in total. The topological polar surface area (TPSA) is 93.0 Å². The first-order valence-corrected chi connectivity index (χ1v) is 10.2. The van der Waals surface area contributed by atoms with Crippen molar-refractivity contribution in [2.75, 3.05) is 0 Å². The summed E-state index contributed by atoms with van der Waals surface area (Å²) in [6, 6.07) is 18.4. The molecule has 0 aliphatic carbocycles. The first-order chi connectivity index (χ1) is 14.0. The summed E-state index contributed by atoms with van der Waals surface area (Å²) in [6.07, 6.45) is 1.64. The molecule has 0 saturated heterocycles. The fraction of sp³-hybridized carbons (Fsp3) is 0.0476. The number of benzene rings is 2. The van der Waals surface area contributed by atoms with Crippen LogP contribution in [0.5, 0.6) is 0 Å². The van der Waals surface area contributed by atoms with Crippen molar-refractivity contribution in [3.8, 4) is 17.4 Å². The highest BCUT2D eigenvalue weighted by Gasteiger charge is 2.14. The highest BCUT2D eigenvalue weighted by Crippen LogP contribution is 2.35. The van der Waals surface area contributed by atoms with Gasteiger partial charge in [0.05, 0.1) is 20.0 Å². The Morgan fingerprint density at radius 1 is 1.28 bits per heavy atom. The number of aromatic nitrogens is 1. The first-order valence-electron chi connectivity index (χ1n) is 8.54. The fourth-order valence-corrected chi connectivity index (χ4v) is 4.70. The normalized spacial score (nSPS) is 11.5. The Morgan fingerprint density at radius 2 is 2.10 bits per heavy atom. The number of hydrogen-bond donors (Lipinski definition) is 0. The van der Waals surface area contributed by atoms with E-state index in [2.05, 4.69) is 11.1 Å². The Hall–Kier alpha value is -3.41. The maximum atomic E-state index is 11.2. The van der Waals surface area contributed by atoms with E-state index in [0.29, 0.717) is 27.6 Å². The van der Waals surface area contributed by atoms with Crippen LogP contribution >= 0.6 is 23.1 Å². The van der Waals surface area contributed by atoms with Crippen molar-refractivity contribution < 1.29 is 9.34 Å². The number of para-hydroxylation sites is 1. The summed E-state index contributed by atoms with van der Waals surface area (Å²) in [4.78, 5) is 15.7. The Kier molecular flexibility index (Phi) is 5.16. The van der Waals surface area contributed by atoms with E-state index in [-0.39, 0.29) is 5.69 Å². The molecule has 8 heteroatoms. The number of rotatable bonds is 5. The maximum absolute atomic E-state index is 11.2. The molecule has 0 unspecified atom stereocenters. The number of nitriles is 1. The van der Waals surface area contributed by atoms with Crippen molar-refractivity contribution in [3.63, 3.8) is 0 Å². The van der Waals surface area contributed by atoms with Crippen molar-refractivity contribution in [2.45, 2.75) is 11.3 Å². The van der Waals surface area contributed by atoms with Crippen LogP contribution in [-0.2, 0) is 0 Å². The lowest BCUT2D eigenvalue weighted by molar-refractivity contribution is -0.385. The Balaban J connectivity index is 1.59. The molecule has 0 aliphatic rings. The van der Waals surface area contributed by atoms with Gasteiger partial charge in [0.1, 0.15) is 17.6 Å². The number of aryl methyl sites for hydroxylation is 1. The summed E-state index contributed by atoms with van der Waals surface area (Å²) in [5, 5.41) is 20.7. The van der Waals surface area contributed by atoms with Gasteiger partial charge in [-0.3, -0.25) is 10.1 Å².